The number of carbonyl (C=O) groups is 1. The van der Waals surface area contributed by atoms with Crippen molar-refractivity contribution in [2.24, 2.45) is 0 Å². The molecule has 82 valence electrons. The van der Waals surface area contributed by atoms with Crippen LogP contribution in [0.15, 0.2) is 17.0 Å². The van der Waals surface area contributed by atoms with Crippen LogP contribution in [0.3, 0.4) is 0 Å². The zero-order valence-electron chi connectivity index (χ0n) is 9.14. The number of benzene rings is 1. The quantitative estimate of drug-likeness (QED) is 0.481. The molecule has 0 aliphatic carbocycles. The maximum Gasteiger partial charge on any atom is 1.00 e. The minimum Gasteiger partial charge on any atom is -0.744 e. The number of aryl methyl sites for hydroxylation is 1. The van der Waals surface area contributed by atoms with Crippen molar-refractivity contribution in [2.75, 3.05) is 0 Å². The van der Waals surface area contributed by atoms with Gasteiger partial charge in [-0.1, -0.05) is 0 Å². The average molecular weight is 252 g/mol. The molecule has 1 aromatic carbocycles. The average Bonchev–Trinajstić information content (AvgIpc) is 2.06. The third-order valence-corrected chi connectivity index (χ3v) is 2.97. The number of hydrogen-bond donors (Lipinski definition) is 1. The van der Waals surface area contributed by atoms with Crippen molar-refractivity contribution in [2.45, 2.75) is 18.7 Å². The van der Waals surface area contributed by atoms with Gasteiger partial charge in [0.15, 0.2) is 0 Å². The minimum atomic E-state index is -4.63. The van der Waals surface area contributed by atoms with Gasteiger partial charge in [-0.05, 0) is 37.1 Å². The smallest absolute Gasteiger partial charge is 0.744 e. The molecule has 16 heavy (non-hydrogen) atoms. The summed E-state index contributed by atoms with van der Waals surface area (Å²) in [5.74, 6) is -1.25. The summed E-state index contributed by atoms with van der Waals surface area (Å²) in [5.41, 5.74) is 0.236. The molecular weight excluding hydrogens is 243 g/mol. The van der Waals surface area contributed by atoms with Gasteiger partial charge < -0.3 is 9.66 Å². The summed E-state index contributed by atoms with van der Waals surface area (Å²) >= 11 is 0. The van der Waals surface area contributed by atoms with E-state index in [0.717, 1.165) is 0 Å². The van der Waals surface area contributed by atoms with E-state index >= 15 is 0 Å². The first-order valence-corrected chi connectivity index (χ1v) is 5.44. The van der Waals surface area contributed by atoms with Gasteiger partial charge in [0.25, 0.3) is 0 Å². The molecule has 7 heteroatoms. The number of hydrogen-bond acceptors (Lipinski definition) is 4. The summed E-state index contributed by atoms with van der Waals surface area (Å²) in [6.45, 7) is 2.83. The molecule has 0 heterocycles. The summed E-state index contributed by atoms with van der Waals surface area (Å²) in [5, 5.41) is 8.78. The first kappa shape index (κ1) is 15.6. The SMILES string of the molecule is Cc1cc(C(=O)O)c(C)c(S(=O)(=O)[O-])c1.[Na+]. The van der Waals surface area contributed by atoms with Gasteiger partial charge in [-0.3, -0.25) is 0 Å². The Kier molecular flexibility index (Phi) is 5.15. The third-order valence-electron chi connectivity index (χ3n) is 2.00. The molecule has 1 aromatic rings. The van der Waals surface area contributed by atoms with Crippen molar-refractivity contribution in [1.82, 2.24) is 0 Å². The minimum absolute atomic E-state index is 0. The molecule has 0 saturated heterocycles. The van der Waals surface area contributed by atoms with Crippen LogP contribution in [-0.2, 0) is 10.1 Å². The summed E-state index contributed by atoms with van der Waals surface area (Å²) in [4.78, 5) is 10.3. The fourth-order valence-electron chi connectivity index (χ4n) is 1.31. The summed E-state index contributed by atoms with van der Waals surface area (Å²) in [7, 11) is -4.63. The van der Waals surface area contributed by atoms with Gasteiger partial charge in [0.05, 0.1) is 10.5 Å². The molecule has 0 aliphatic rings. The maximum absolute atomic E-state index is 10.8. The summed E-state index contributed by atoms with van der Waals surface area (Å²) in [6.07, 6.45) is 0. The number of aromatic carboxylic acids is 1. The standard InChI is InChI=1S/C9H10O5S.Na/c1-5-3-7(9(10)11)6(2)8(4-5)15(12,13)14;/h3-4H,1-2H3,(H,10,11)(H,12,13,14);/q;+1/p-1. The van der Waals surface area contributed by atoms with Crippen LogP contribution in [0.2, 0.25) is 0 Å². The van der Waals surface area contributed by atoms with Crippen LogP contribution in [0.4, 0.5) is 0 Å². The molecule has 1 N–H and O–H groups in total. The van der Waals surface area contributed by atoms with E-state index in [2.05, 4.69) is 0 Å². The molecule has 0 bridgehead atoms. The van der Waals surface area contributed by atoms with Crippen LogP contribution < -0.4 is 29.6 Å². The normalized spacial score (nSPS) is 10.7. The van der Waals surface area contributed by atoms with Crippen molar-refractivity contribution >= 4 is 16.1 Å². The summed E-state index contributed by atoms with van der Waals surface area (Å²) < 4.78 is 32.5. The fraction of sp³-hybridized carbons (Fsp3) is 0.222. The molecule has 0 radical (unpaired) electrons. The van der Waals surface area contributed by atoms with Gasteiger partial charge in [-0.15, -0.1) is 0 Å². The molecule has 0 fully saturated rings. The first-order valence-electron chi connectivity index (χ1n) is 4.04. The Balaban J connectivity index is 0.00000225. The molecule has 0 spiro atoms. The molecule has 1 rings (SSSR count). The van der Waals surface area contributed by atoms with E-state index in [0.29, 0.717) is 5.56 Å². The van der Waals surface area contributed by atoms with E-state index in [4.69, 9.17) is 5.11 Å². The van der Waals surface area contributed by atoms with Crippen LogP contribution in [0.1, 0.15) is 21.5 Å². The monoisotopic (exact) mass is 252 g/mol. The van der Waals surface area contributed by atoms with Gasteiger partial charge in [0.1, 0.15) is 10.1 Å². The van der Waals surface area contributed by atoms with Crippen LogP contribution >= 0.6 is 0 Å². The van der Waals surface area contributed by atoms with Gasteiger partial charge in [0.2, 0.25) is 0 Å². The molecule has 0 unspecified atom stereocenters. The van der Waals surface area contributed by atoms with Gasteiger partial charge in [-0.25, -0.2) is 13.2 Å². The molecule has 0 saturated carbocycles. The van der Waals surface area contributed by atoms with Crippen molar-refractivity contribution in [3.63, 3.8) is 0 Å². The van der Waals surface area contributed by atoms with Crippen LogP contribution in [-0.4, -0.2) is 24.0 Å². The first-order chi connectivity index (χ1) is 6.73. The zero-order valence-corrected chi connectivity index (χ0v) is 12.0. The van der Waals surface area contributed by atoms with Crippen molar-refractivity contribution in [3.05, 3.63) is 28.8 Å². The number of rotatable bonds is 2. The molecule has 0 atom stereocenters. The molecule has 0 aromatic heterocycles. The predicted octanol–water partition coefficient (Wildman–Crippen LogP) is -2.09. The largest absolute Gasteiger partial charge is 1.00 e. The number of carboxylic acids is 1. The predicted molar refractivity (Wildman–Crippen MR) is 50.8 cm³/mol. The van der Waals surface area contributed by atoms with Gasteiger partial charge in [0, 0.05) is 0 Å². The van der Waals surface area contributed by atoms with Crippen molar-refractivity contribution < 1.29 is 52.4 Å². The second kappa shape index (κ2) is 5.29. The third kappa shape index (κ3) is 3.29. The van der Waals surface area contributed by atoms with E-state index in [-0.39, 0.29) is 40.7 Å². The second-order valence-corrected chi connectivity index (χ2v) is 4.54. The molecular formula is C9H9NaO5S. The van der Waals surface area contributed by atoms with Crippen LogP contribution in [0, 0.1) is 13.8 Å². The maximum atomic E-state index is 10.8. The van der Waals surface area contributed by atoms with Gasteiger partial charge in [-0.2, -0.15) is 0 Å². The van der Waals surface area contributed by atoms with E-state index in [1.165, 1.54) is 26.0 Å². The van der Waals surface area contributed by atoms with E-state index in [9.17, 15) is 17.8 Å². The second-order valence-electron chi connectivity index (χ2n) is 3.19. The van der Waals surface area contributed by atoms with E-state index in [1.54, 1.807) is 0 Å². The zero-order chi connectivity index (χ0) is 11.8. The Labute approximate surface area is 116 Å². The van der Waals surface area contributed by atoms with Crippen molar-refractivity contribution in [3.8, 4) is 0 Å². The van der Waals surface area contributed by atoms with Crippen LogP contribution in [0.5, 0.6) is 0 Å². The Morgan fingerprint density at radius 3 is 2.19 bits per heavy atom. The fourth-order valence-corrected chi connectivity index (χ4v) is 2.12. The van der Waals surface area contributed by atoms with Crippen molar-refractivity contribution in [1.29, 1.82) is 0 Å². The van der Waals surface area contributed by atoms with Gasteiger partial charge >= 0.3 is 35.5 Å². The Morgan fingerprint density at radius 1 is 1.31 bits per heavy atom. The Morgan fingerprint density at radius 2 is 1.81 bits per heavy atom. The van der Waals surface area contributed by atoms with Crippen LogP contribution in [0.25, 0.3) is 0 Å². The van der Waals surface area contributed by atoms with E-state index in [1.807, 2.05) is 0 Å². The molecule has 0 amide bonds. The van der Waals surface area contributed by atoms with E-state index < -0.39 is 21.0 Å². The molecule has 0 aliphatic heterocycles. The molecule has 5 nitrogen and oxygen atoms in total. The Bertz CT molecular complexity index is 521. The Hall–Kier alpha value is -0.400. The summed E-state index contributed by atoms with van der Waals surface area (Å²) in [6, 6.07) is 2.50. The number of carboxylic acid groups (broad SMARTS) is 1. The topological polar surface area (TPSA) is 94.5 Å².